The number of carboxylic acids is 1. The Morgan fingerprint density at radius 2 is 1.68 bits per heavy atom. The SMILES string of the molecule is CC(C)[C@H](NC(=O)[C@@H]1Cc2c([nH]c3ccccc23)C2c3ccccc3C(=O)N21)C(=O)N[C@H](C(=O)O)C(C)O. The maximum Gasteiger partial charge on any atom is 0.328 e. The van der Waals surface area contributed by atoms with E-state index in [0.717, 1.165) is 27.7 Å². The number of hydrogen-bond acceptors (Lipinski definition) is 5. The lowest BCUT2D eigenvalue weighted by molar-refractivity contribution is -0.145. The van der Waals surface area contributed by atoms with Gasteiger partial charge in [0, 0.05) is 28.6 Å². The molecular weight excluding hydrogens is 488 g/mol. The Kier molecular flexibility index (Phi) is 6.44. The van der Waals surface area contributed by atoms with Crippen molar-refractivity contribution in [2.75, 3.05) is 0 Å². The third-order valence-electron chi connectivity index (χ3n) is 7.45. The van der Waals surface area contributed by atoms with Crippen molar-refractivity contribution < 1.29 is 29.4 Å². The number of H-pyrrole nitrogens is 1. The molecule has 5 rings (SSSR count). The summed E-state index contributed by atoms with van der Waals surface area (Å²) < 4.78 is 0. The van der Waals surface area contributed by atoms with Gasteiger partial charge in [-0.2, -0.15) is 0 Å². The number of aromatic amines is 1. The lowest BCUT2D eigenvalue weighted by atomic mass is 9.89. The van der Waals surface area contributed by atoms with Crippen molar-refractivity contribution >= 4 is 34.6 Å². The minimum absolute atomic E-state index is 0.249. The normalized spacial score (nSPS) is 20.3. The average Bonchev–Trinajstić information content (AvgIpc) is 3.40. The van der Waals surface area contributed by atoms with Crippen molar-refractivity contribution in [3.05, 3.63) is 70.9 Å². The van der Waals surface area contributed by atoms with Gasteiger partial charge in [0.2, 0.25) is 11.8 Å². The van der Waals surface area contributed by atoms with Crippen LogP contribution in [0.1, 0.15) is 54.0 Å². The molecule has 2 aliphatic rings. The predicted molar refractivity (Wildman–Crippen MR) is 138 cm³/mol. The Hall–Kier alpha value is -4.18. The summed E-state index contributed by atoms with van der Waals surface area (Å²) >= 11 is 0. The number of carboxylic acid groups (broad SMARTS) is 1. The molecule has 1 aromatic heterocycles. The van der Waals surface area contributed by atoms with Crippen molar-refractivity contribution in [1.82, 2.24) is 20.5 Å². The first-order valence-electron chi connectivity index (χ1n) is 12.6. The van der Waals surface area contributed by atoms with Crippen molar-refractivity contribution in [1.29, 1.82) is 0 Å². The van der Waals surface area contributed by atoms with E-state index in [1.165, 1.54) is 6.92 Å². The number of aliphatic hydroxyl groups excluding tert-OH is 1. The highest BCUT2D eigenvalue weighted by molar-refractivity contribution is 6.04. The molecule has 5 atom stereocenters. The number of carbonyl (C=O) groups is 4. The summed E-state index contributed by atoms with van der Waals surface area (Å²) in [6, 6.07) is 11.1. The topological polar surface area (TPSA) is 152 Å². The molecule has 3 amide bonds. The maximum absolute atomic E-state index is 13.8. The minimum Gasteiger partial charge on any atom is -0.480 e. The molecule has 2 aliphatic heterocycles. The summed E-state index contributed by atoms with van der Waals surface area (Å²) in [6.07, 6.45) is -1.08. The molecule has 2 aromatic carbocycles. The highest BCUT2D eigenvalue weighted by atomic mass is 16.4. The molecule has 2 unspecified atom stereocenters. The Morgan fingerprint density at radius 3 is 2.37 bits per heavy atom. The van der Waals surface area contributed by atoms with Crippen LogP contribution in [0.15, 0.2) is 48.5 Å². The number of aromatic nitrogens is 1. The van der Waals surface area contributed by atoms with Crippen LogP contribution in [-0.4, -0.2) is 68.0 Å². The fourth-order valence-electron chi connectivity index (χ4n) is 5.55. The first-order chi connectivity index (χ1) is 18.1. The fourth-order valence-corrected chi connectivity index (χ4v) is 5.55. The summed E-state index contributed by atoms with van der Waals surface area (Å²) in [5, 5.41) is 25.2. The quantitative estimate of drug-likeness (QED) is 0.321. The maximum atomic E-state index is 13.8. The van der Waals surface area contributed by atoms with Gasteiger partial charge in [-0.25, -0.2) is 4.79 Å². The van der Waals surface area contributed by atoms with Gasteiger partial charge in [0.15, 0.2) is 6.04 Å². The van der Waals surface area contributed by atoms with E-state index >= 15 is 0 Å². The number of rotatable bonds is 7. The zero-order valence-electron chi connectivity index (χ0n) is 21.3. The van der Waals surface area contributed by atoms with Crippen molar-refractivity contribution in [3.63, 3.8) is 0 Å². The van der Waals surface area contributed by atoms with E-state index in [-0.39, 0.29) is 12.3 Å². The molecule has 3 aromatic rings. The summed E-state index contributed by atoms with van der Waals surface area (Å²) in [5.41, 5.74) is 4.06. The van der Waals surface area contributed by atoms with Crippen molar-refractivity contribution in [3.8, 4) is 0 Å². The van der Waals surface area contributed by atoms with Crippen LogP contribution in [0.5, 0.6) is 0 Å². The number of aliphatic carboxylic acids is 1. The molecule has 0 fully saturated rings. The molecule has 0 bridgehead atoms. The lowest BCUT2D eigenvalue weighted by Gasteiger charge is -2.38. The number of nitrogens with one attached hydrogen (secondary N) is 3. The largest absolute Gasteiger partial charge is 0.480 e. The molecule has 10 nitrogen and oxygen atoms in total. The van der Waals surface area contributed by atoms with Gasteiger partial charge in [-0.15, -0.1) is 0 Å². The van der Waals surface area contributed by atoms with E-state index in [1.54, 1.807) is 30.9 Å². The molecule has 0 spiro atoms. The van der Waals surface area contributed by atoms with Crippen LogP contribution in [0.2, 0.25) is 0 Å². The van der Waals surface area contributed by atoms with Gasteiger partial charge in [0.25, 0.3) is 5.91 Å². The fraction of sp³-hybridized carbons (Fsp3) is 0.357. The third-order valence-corrected chi connectivity index (χ3v) is 7.45. The number of amides is 3. The first-order valence-corrected chi connectivity index (χ1v) is 12.6. The van der Waals surface area contributed by atoms with E-state index in [0.29, 0.717) is 5.56 Å². The second-order valence-corrected chi connectivity index (χ2v) is 10.3. The Balaban J connectivity index is 1.50. The standard InChI is InChI=1S/C28H30N4O6/c1-13(2)21(26(35)31-22(14(3)33)28(37)38)30-25(34)20-12-18-15-8-6-7-11-19(15)29-23(18)24-16-9-4-5-10-17(16)27(36)32(20)24/h4-11,13-14,20-22,24,29,33H,12H2,1-3H3,(H,30,34)(H,31,35)(H,37,38)/t14?,20-,21-,22-,24?/m0/s1. The van der Waals surface area contributed by atoms with Crippen LogP contribution < -0.4 is 10.6 Å². The number of carbonyl (C=O) groups excluding carboxylic acids is 3. The van der Waals surface area contributed by atoms with Gasteiger partial charge < -0.3 is 30.7 Å². The number of aliphatic hydroxyl groups is 1. The summed E-state index contributed by atoms with van der Waals surface area (Å²) in [5.74, 6) is -3.27. The lowest BCUT2D eigenvalue weighted by Crippen LogP contribution is -2.60. The second-order valence-electron chi connectivity index (χ2n) is 10.3. The van der Waals surface area contributed by atoms with E-state index in [1.807, 2.05) is 36.4 Å². The minimum atomic E-state index is -1.52. The Bertz CT molecular complexity index is 1440. The number of hydrogen-bond donors (Lipinski definition) is 5. The van der Waals surface area contributed by atoms with Crippen molar-refractivity contribution in [2.45, 2.75) is 57.5 Å². The van der Waals surface area contributed by atoms with E-state index < -0.39 is 54.0 Å². The molecule has 5 N–H and O–H groups in total. The number of nitrogens with zero attached hydrogens (tertiary/aromatic N) is 1. The smallest absolute Gasteiger partial charge is 0.328 e. The van der Waals surface area contributed by atoms with Crippen LogP contribution in [0, 0.1) is 5.92 Å². The van der Waals surface area contributed by atoms with Crippen LogP contribution in [0.4, 0.5) is 0 Å². The van der Waals surface area contributed by atoms with Gasteiger partial charge in [0.05, 0.1) is 12.1 Å². The first kappa shape index (κ1) is 25.5. The molecule has 10 heteroatoms. The molecular formula is C28H30N4O6. The molecule has 0 saturated heterocycles. The molecule has 3 heterocycles. The molecule has 0 saturated carbocycles. The van der Waals surface area contributed by atoms with Crippen LogP contribution in [0.25, 0.3) is 10.9 Å². The van der Waals surface area contributed by atoms with Gasteiger partial charge in [0.1, 0.15) is 12.1 Å². The highest BCUT2D eigenvalue weighted by Gasteiger charge is 2.49. The van der Waals surface area contributed by atoms with Gasteiger partial charge in [-0.1, -0.05) is 50.2 Å². The monoisotopic (exact) mass is 518 g/mol. The summed E-state index contributed by atoms with van der Waals surface area (Å²) in [7, 11) is 0. The molecule has 0 aliphatic carbocycles. The van der Waals surface area contributed by atoms with Gasteiger partial charge in [-0.3, -0.25) is 14.4 Å². The molecule has 0 radical (unpaired) electrons. The summed E-state index contributed by atoms with van der Waals surface area (Å²) in [6.45, 7) is 4.71. The van der Waals surface area contributed by atoms with E-state index in [4.69, 9.17) is 0 Å². The Labute approximate surface area is 219 Å². The molecule has 38 heavy (non-hydrogen) atoms. The molecule has 198 valence electrons. The predicted octanol–water partition coefficient (Wildman–Crippen LogP) is 1.73. The number of benzene rings is 2. The van der Waals surface area contributed by atoms with E-state index in [2.05, 4.69) is 15.6 Å². The van der Waals surface area contributed by atoms with Gasteiger partial charge in [-0.05, 0) is 36.1 Å². The number of para-hydroxylation sites is 1. The summed E-state index contributed by atoms with van der Waals surface area (Å²) in [4.78, 5) is 57.0. The van der Waals surface area contributed by atoms with E-state index in [9.17, 15) is 29.4 Å². The third kappa shape index (κ3) is 4.10. The van der Waals surface area contributed by atoms with Crippen LogP contribution >= 0.6 is 0 Å². The van der Waals surface area contributed by atoms with Crippen molar-refractivity contribution in [2.24, 2.45) is 5.92 Å². The average molecular weight is 519 g/mol. The second kappa shape index (κ2) is 9.60. The zero-order chi connectivity index (χ0) is 27.3. The highest BCUT2D eigenvalue weighted by Crippen LogP contribution is 2.46. The zero-order valence-corrected chi connectivity index (χ0v) is 21.3. The van der Waals surface area contributed by atoms with Crippen LogP contribution in [0.3, 0.4) is 0 Å². The van der Waals surface area contributed by atoms with Crippen LogP contribution in [-0.2, 0) is 20.8 Å². The Morgan fingerprint density at radius 1 is 1.00 bits per heavy atom. The van der Waals surface area contributed by atoms with Gasteiger partial charge >= 0.3 is 5.97 Å². The number of fused-ring (bicyclic) bond motifs is 7.